The zero-order valence-corrected chi connectivity index (χ0v) is 13.1. The molecule has 1 aliphatic rings. The van der Waals surface area contributed by atoms with Crippen molar-refractivity contribution in [2.75, 3.05) is 0 Å². The lowest BCUT2D eigenvalue weighted by Crippen LogP contribution is -2.19. The quantitative estimate of drug-likeness (QED) is 0.485. The maximum absolute atomic E-state index is 12.0. The van der Waals surface area contributed by atoms with E-state index >= 15 is 0 Å². The molecule has 1 saturated carbocycles. The number of hydrogen-bond donors (Lipinski definition) is 0. The smallest absolute Gasteiger partial charge is 0.259 e. The summed E-state index contributed by atoms with van der Waals surface area (Å²) in [4.78, 5) is 26.2. The lowest BCUT2D eigenvalue weighted by atomic mass is 9.89. The predicted octanol–water partition coefficient (Wildman–Crippen LogP) is 3.31. The van der Waals surface area contributed by atoms with Gasteiger partial charge >= 0.3 is 11.2 Å². The summed E-state index contributed by atoms with van der Waals surface area (Å²) in [6.45, 7) is 0. The molecule has 0 aromatic carbocycles. The van der Waals surface area contributed by atoms with Crippen molar-refractivity contribution in [3.8, 4) is 0 Å². The van der Waals surface area contributed by atoms with Crippen molar-refractivity contribution in [3.63, 3.8) is 0 Å². The summed E-state index contributed by atoms with van der Waals surface area (Å²) >= 11 is 6.89. The number of rotatable bonds is 3. The molecule has 0 aliphatic heterocycles. The van der Waals surface area contributed by atoms with Crippen LogP contribution in [0.4, 0.5) is 5.69 Å². The van der Waals surface area contributed by atoms with Crippen molar-refractivity contribution in [3.05, 3.63) is 36.7 Å². The first kappa shape index (κ1) is 15.1. The van der Waals surface area contributed by atoms with Crippen LogP contribution in [0.25, 0.3) is 11.0 Å². The third-order valence-electron chi connectivity index (χ3n) is 3.70. The lowest BCUT2D eigenvalue weighted by molar-refractivity contribution is -0.386. The first-order valence-corrected chi connectivity index (χ1v) is 8.17. The maximum atomic E-state index is 12.0. The first-order valence-electron chi connectivity index (χ1n) is 6.98. The minimum atomic E-state index is -0.853. The monoisotopic (exact) mass is 340 g/mol. The molecule has 0 N–H and O–H groups in total. The van der Waals surface area contributed by atoms with E-state index < -0.39 is 21.3 Å². The van der Waals surface area contributed by atoms with Gasteiger partial charge in [-0.3, -0.25) is 14.9 Å². The molecule has 0 unspecified atom stereocenters. The molecule has 1 fully saturated rings. The van der Waals surface area contributed by atoms with Gasteiger partial charge in [0.2, 0.25) is 10.1 Å². The summed E-state index contributed by atoms with van der Waals surface area (Å²) in [7, 11) is 0. The zero-order chi connectivity index (χ0) is 15.7. The van der Waals surface area contributed by atoms with Gasteiger partial charge in [0.1, 0.15) is 5.01 Å². The van der Waals surface area contributed by atoms with Crippen LogP contribution in [0.1, 0.15) is 37.1 Å². The molecule has 3 rings (SSSR count). The van der Waals surface area contributed by atoms with Gasteiger partial charge in [0.25, 0.3) is 0 Å². The Labute approximate surface area is 134 Å². The second kappa shape index (κ2) is 6.13. The lowest BCUT2D eigenvalue weighted by Gasteiger charge is -2.17. The van der Waals surface area contributed by atoms with Crippen molar-refractivity contribution in [2.45, 2.75) is 32.1 Å². The van der Waals surface area contributed by atoms with E-state index in [1.165, 1.54) is 30.6 Å². The fourth-order valence-electron chi connectivity index (χ4n) is 2.59. The van der Waals surface area contributed by atoms with Gasteiger partial charge in [0.05, 0.1) is 4.92 Å². The first-order chi connectivity index (χ1) is 10.6. The van der Waals surface area contributed by atoms with Crippen molar-refractivity contribution in [1.82, 2.24) is 14.6 Å². The summed E-state index contributed by atoms with van der Waals surface area (Å²) in [5, 5.41) is 15.1. The maximum Gasteiger partial charge on any atom is 0.372 e. The van der Waals surface area contributed by atoms with Gasteiger partial charge in [0.15, 0.2) is 0 Å². The molecule has 116 valence electrons. The molecule has 2 aromatic heterocycles. The Balaban J connectivity index is 1.96. The molecule has 0 amide bonds. The van der Waals surface area contributed by atoms with Crippen LogP contribution in [0.3, 0.4) is 0 Å². The highest BCUT2D eigenvalue weighted by Crippen LogP contribution is 2.26. The molecule has 7 nitrogen and oxygen atoms in total. The van der Waals surface area contributed by atoms with Gasteiger partial charge in [-0.2, -0.15) is 14.6 Å². The number of nitrogens with zero attached hydrogens (tertiary/aromatic N) is 4. The third-order valence-corrected chi connectivity index (χ3v) is 4.84. The fraction of sp³-hybridized carbons (Fsp3) is 0.462. The highest BCUT2D eigenvalue weighted by Gasteiger charge is 2.23. The summed E-state index contributed by atoms with van der Waals surface area (Å²) < 4.78 is 0.940. The molecule has 0 radical (unpaired) electrons. The van der Waals surface area contributed by atoms with Gasteiger partial charge in [-0.1, -0.05) is 48.3 Å². The van der Waals surface area contributed by atoms with Crippen LogP contribution in [0.5, 0.6) is 0 Å². The van der Waals surface area contributed by atoms with Crippen LogP contribution in [0.2, 0.25) is 5.15 Å². The van der Waals surface area contributed by atoms with E-state index in [2.05, 4.69) is 16.2 Å². The molecule has 22 heavy (non-hydrogen) atoms. The minimum Gasteiger partial charge on any atom is -0.259 e. The number of hydrogen-bond acceptors (Lipinski definition) is 6. The number of halogens is 1. The SMILES string of the molecule is O=c1c([N+](=O)[O-])c(Cl)nc2sc(/C=C/C3CCCCC3)nn12. The average molecular weight is 341 g/mol. The molecule has 0 bridgehead atoms. The normalized spacial score (nSPS) is 16.6. The van der Waals surface area contributed by atoms with Crippen LogP contribution in [-0.4, -0.2) is 19.5 Å². The number of fused-ring (bicyclic) bond motifs is 1. The summed E-state index contributed by atoms with van der Waals surface area (Å²) in [6.07, 6.45) is 10.0. The summed E-state index contributed by atoms with van der Waals surface area (Å²) in [5.41, 5.74) is -1.60. The molecule has 9 heteroatoms. The molecule has 2 heterocycles. The summed E-state index contributed by atoms with van der Waals surface area (Å²) in [6, 6.07) is 0. The molecule has 0 atom stereocenters. The Morgan fingerprint density at radius 1 is 1.36 bits per heavy atom. The van der Waals surface area contributed by atoms with Crippen molar-refractivity contribution in [2.24, 2.45) is 5.92 Å². The Morgan fingerprint density at radius 2 is 2.09 bits per heavy atom. The van der Waals surface area contributed by atoms with E-state index in [1.807, 2.05) is 6.08 Å². The number of allylic oxidation sites excluding steroid dienone is 1. The van der Waals surface area contributed by atoms with Gasteiger partial charge in [-0.15, -0.1) is 0 Å². The Hall–Kier alpha value is -1.80. The van der Waals surface area contributed by atoms with Crippen molar-refractivity contribution in [1.29, 1.82) is 0 Å². The minimum absolute atomic E-state index is 0.254. The van der Waals surface area contributed by atoms with E-state index in [4.69, 9.17) is 11.6 Å². The van der Waals surface area contributed by atoms with Crippen LogP contribution < -0.4 is 5.56 Å². The second-order valence-electron chi connectivity index (χ2n) is 5.21. The predicted molar refractivity (Wildman–Crippen MR) is 84.4 cm³/mol. The van der Waals surface area contributed by atoms with Gasteiger partial charge in [-0.25, -0.2) is 0 Å². The topological polar surface area (TPSA) is 90.4 Å². The molecular formula is C13H13ClN4O3S. The van der Waals surface area contributed by atoms with Gasteiger partial charge in [-0.05, 0) is 24.8 Å². The molecule has 0 saturated heterocycles. The van der Waals surface area contributed by atoms with Crippen LogP contribution in [0.15, 0.2) is 10.9 Å². The molecule has 1 aliphatic carbocycles. The van der Waals surface area contributed by atoms with E-state index in [0.29, 0.717) is 10.9 Å². The van der Waals surface area contributed by atoms with Gasteiger partial charge < -0.3 is 0 Å². The molecule has 0 spiro atoms. The summed E-state index contributed by atoms with van der Waals surface area (Å²) in [5.74, 6) is 0.531. The highest BCUT2D eigenvalue weighted by atomic mass is 35.5. The Kier molecular flexibility index (Phi) is 4.21. The number of aromatic nitrogens is 3. The van der Waals surface area contributed by atoms with Crippen LogP contribution in [-0.2, 0) is 0 Å². The molecular weight excluding hydrogens is 328 g/mol. The highest BCUT2D eigenvalue weighted by molar-refractivity contribution is 7.17. The fourth-order valence-corrected chi connectivity index (χ4v) is 3.68. The standard InChI is InChI=1S/C13H13ClN4O3S/c14-11-10(18(20)21)12(19)17-13(15-11)22-9(16-17)7-6-8-4-2-1-3-5-8/h6-8H,1-5H2/b7-6+. The van der Waals surface area contributed by atoms with E-state index in [1.54, 1.807) is 0 Å². The van der Waals surface area contributed by atoms with Gasteiger partial charge in [0, 0.05) is 0 Å². The molecule has 2 aromatic rings. The number of nitro groups is 1. The van der Waals surface area contributed by atoms with E-state index in [0.717, 1.165) is 17.4 Å². The Morgan fingerprint density at radius 3 is 2.77 bits per heavy atom. The van der Waals surface area contributed by atoms with Crippen molar-refractivity contribution >= 4 is 39.7 Å². The van der Waals surface area contributed by atoms with E-state index in [-0.39, 0.29) is 4.96 Å². The van der Waals surface area contributed by atoms with E-state index in [9.17, 15) is 14.9 Å². The second-order valence-corrected chi connectivity index (χ2v) is 6.55. The van der Waals surface area contributed by atoms with Crippen molar-refractivity contribution < 1.29 is 4.92 Å². The Bertz CT molecular complexity index is 807. The largest absolute Gasteiger partial charge is 0.372 e. The third kappa shape index (κ3) is 2.89. The van der Waals surface area contributed by atoms with Crippen LogP contribution >= 0.6 is 22.9 Å². The zero-order valence-electron chi connectivity index (χ0n) is 11.6. The van der Waals surface area contributed by atoms with Crippen LogP contribution in [0, 0.1) is 16.0 Å². The average Bonchev–Trinajstić information content (AvgIpc) is 2.89.